The summed E-state index contributed by atoms with van der Waals surface area (Å²) in [7, 11) is 1.78. The first-order chi connectivity index (χ1) is 8.69. The molecule has 19 heavy (non-hydrogen) atoms. The number of carboxylic acid groups (broad SMARTS) is 1. The topological polar surface area (TPSA) is 70.1 Å². The van der Waals surface area contributed by atoms with Crippen LogP contribution in [0, 0.1) is 0 Å². The van der Waals surface area contributed by atoms with Gasteiger partial charge in [-0.05, 0) is 40.7 Å². The molecule has 0 radical (unpaired) electrons. The van der Waals surface area contributed by atoms with Crippen molar-refractivity contribution in [3.8, 4) is 0 Å². The highest BCUT2D eigenvalue weighted by atomic mass is 16.6. The molecular formula is C13H24N2O4. The lowest BCUT2D eigenvalue weighted by Crippen LogP contribution is -2.50. The monoisotopic (exact) mass is 272 g/mol. The fraction of sp³-hybridized carbons (Fsp3) is 0.846. The maximum atomic E-state index is 12.0. The van der Waals surface area contributed by atoms with Crippen molar-refractivity contribution in [1.82, 2.24) is 9.80 Å². The first-order valence-corrected chi connectivity index (χ1v) is 6.59. The number of likely N-dealkylation sites (tertiary alicyclic amines) is 1. The first-order valence-electron chi connectivity index (χ1n) is 6.59. The molecule has 1 rings (SSSR count). The number of aliphatic carboxylic acids is 1. The van der Waals surface area contributed by atoms with E-state index in [-0.39, 0.29) is 18.7 Å². The summed E-state index contributed by atoms with van der Waals surface area (Å²) in [5.74, 6) is -0.850. The van der Waals surface area contributed by atoms with Crippen LogP contribution in [0.1, 0.15) is 33.6 Å². The number of likely N-dealkylation sites (N-methyl/N-ethyl adjacent to an activating group) is 1. The molecular weight excluding hydrogens is 248 g/mol. The molecule has 0 bridgehead atoms. The van der Waals surface area contributed by atoms with Gasteiger partial charge in [0, 0.05) is 19.1 Å². The molecule has 1 amide bonds. The quantitative estimate of drug-likeness (QED) is 0.841. The minimum absolute atomic E-state index is 0.00712. The standard InChI is InChI=1S/C13H24N2O4/c1-13(2,3)19-12(18)15-7-5-6-10(8-15)14(4)9-11(16)17/h10H,5-9H2,1-4H3,(H,16,17). The van der Waals surface area contributed by atoms with E-state index >= 15 is 0 Å². The smallest absolute Gasteiger partial charge is 0.410 e. The number of rotatable bonds is 3. The largest absolute Gasteiger partial charge is 0.480 e. The zero-order valence-electron chi connectivity index (χ0n) is 12.2. The van der Waals surface area contributed by atoms with Gasteiger partial charge in [0.05, 0.1) is 6.54 Å². The number of hydrogen-bond acceptors (Lipinski definition) is 4. The third-order valence-electron chi connectivity index (χ3n) is 3.06. The van der Waals surface area contributed by atoms with Gasteiger partial charge in [-0.3, -0.25) is 9.69 Å². The van der Waals surface area contributed by atoms with E-state index in [0.717, 1.165) is 12.8 Å². The zero-order valence-corrected chi connectivity index (χ0v) is 12.2. The number of carboxylic acids is 1. The Bertz CT molecular complexity index is 338. The molecule has 0 aromatic carbocycles. The van der Waals surface area contributed by atoms with Crippen molar-refractivity contribution in [3.63, 3.8) is 0 Å². The van der Waals surface area contributed by atoms with Crippen LogP contribution < -0.4 is 0 Å². The third-order valence-corrected chi connectivity index (χ3v) is 3.06. The van der Waals surface area contributed by atoms with Crippen molar-refractivity contribution in [2.24, 2.45) is 0 Å². The van der Waals surface area contributed by atoms with Crippen molar-refractivity contribution in [3.05, 3.63) is 0 Å². The Kier molecular flexibility index (Phi) is 5.17. The summed E-state index contributed by atoms with van der Waals surface area (Å²) in [5, 5.41) is 8.80. The second-order valence-electron chi connectivity index (χ2n) is 6.03. The molecule has 0 saturated carbocycles. The fourth-order valence-corrected chi connectivity index (χ4v) is 2.15. The lowest BCUT2D eigenvalue weighted by molar-refractivity contribution is -0.138. The highest BCUT2D eigenvalue weighted by molar-refractivity contribution is 5.69. The Labute approximate surface area is 114 Å². The summed E-state index contributed by atoms with van der Waals surface area (Å²) in [5.41, 5.74) is -0.503. The molecule has 0 aliphatic carbocycles. The Hall–Kier alpha value is -1.30. The minimum Gasteiger partial charge on any atom is -0.480 e. The van der Waals surface area contributed by atoms with Gasteiger partial charge in [-0.25, -0.2) is 4.79 Å². The van der Waals surface area contributed by atoms with Crippen LogP contribution in [-0.4, -0.2) is 65.3 Å². The Balaban J connectivity index is 2.54. The SMILES string of the molecule is CN(CC(=O)O)C1CCCN(C(=O)OC(C)(C)C)C1. The maximum absolute atomic E-state index is 12.0. The van der Waals surface area contributed by atoms with E-state index in [1.165, 1.54) is 0 Å². The summed E-state index contributed by atoms with van der Waals surface area (Å²) in [6.07, 6.45) is 1.46. The van der Waals surface area contributed by atoms with Crippen LogP contribution in [0.25, 0.3) is 0 Å². The van der Waals surface area contributed by atoms with Crippen LogP contribution in [-0.2, 0) is 9.53 Å². The van der Waals surface area contributed by atoms with Gasteiger partial charge in [0.15, 0.2) is 0 Å². The lowest BCUT2D eigenvalue weighted by Gasteiger charge is -2.37. The average molecular weight is 272 g/mol. The molecule has 0 spiro atoms. The van der Waals surface area contributed by atoms with Crippen molar-refractivity contribution in [2.45, 2.75) is 45.3 Å². The van der Waals surface area contributed by atoms with E-state index in [1.807, 2.05) is 20.8 Å². The molecule has 1 aliphatic rings. The second-order valence-corrected chi connectivity index (χ2v) is 6.03. The molecule has 6 heteroatoms. The summed E-state index contributed by atoms with van der Waals surface area (Å²) in [6, 6.07) is 0.0809. The maximum Gasteiger partial charge on any atom is 0.410 e. The summed E-state index contributed by atoms with van der Waals surface area (Å²) < 4.78 is 5.34. The summed E-state index contributed by atoms with van der Waals surface area (Å²) in [4.78, 5) is 26.1. The van der Waals surface area contributed by atoms with Gasteiger partial charge in [0.2, 0.25) is 0 Å². The molecule has 0 aromatic heterocycles. The highest BCUT2D eigenvalue weighted by Crippen LogP contribution is 2.17. The van der Waals surface area contributed by atoms with Crippen molar-refractivity contribution >= 4 is 12.1 Å². The van der Waals surface area contributed by atoms with E-state index < -0.39 is 11.6 Å². The van der Waals surface area contributed by atoms with Gasteiger partial charge < -0.3 is 14.7 Å². The summed E-state index contributed by atoms with van der Waals surface area (Å²) in [6.45, 7) is 6.70. The number of ether oxygens (including phenoxy) is 1. The molecule has 1 aliphatic heterocycles. The van der Waals surface area contributed by atoms with E-state index in [4.69, 9.17) is 9.84 Å². The van der Waals surface area contributed by atoms with Crippen LogP contribution in [0.5, 0.6) is 0 Å². The molecule has 1 heterocycles. The highest BCUT2D eigenvalue weighted by Gasteiger charge is 2.29. The number of amides is 1. The van der Waals surface area contributed by atoms with Gasteiger partial charge in [-0.2, -0.15) is 0 Å². The van der Waals surface area contributed by atoms with E-state index in [0.29, 0.717) is 13.1 Å². The number of carbonyl (C=O) groups is 2. The molecule has 1 atom stereocenters. The lowest BCUT2D eigenvalue weighted by atomic mass is 10.0. The normalized spacial score (nSPS) is 20.5. The van der Waals surface area contributed by atoms with Gasteiger partial charge in [-0.15, -0.1) is 0 Å². The average Bonchev–Trinajstić information content (AvgIpc) is 2.26. The number of nitrogens with zero attached hydrogens (tertiary/aromatic N) is 2. The Morgan fingerprint density at radius 2 is 2.05 bits per heavy atom. The van der Waals surface area contributed by atoms with Crippen LogP contribution in [0.4, 0.5) is 4.79 Å². The van der Waals surface area contributed by atoms with E-state index in [1.54, 1.807) is 16.8 Å². The minimum atomic E-state index is -0.850. The van der Waals surface area contributed by atoms with Gasteiger partial charge >= 0.3 is 12.1 Å². The van der Waals surface area contributed by atoms with Crippen molar-refractivity contribution in [2.75, 3.05) is 26.7 Å². The number of carbonyl (C=O) groups excluding carboxylic acids is 1. The molecule has 0 aromatic rings. The Morgan fingerprint density at radius 1 is 1.42 bits per heavy atom. The second kappa shape index (κ2) is 6.23. The summed E-state index contributed by atoms with van der Waals surface area (Å²) >= 11 is 0. The number of piperidine rings is 1. The molecule has 1 saturated heterocycles. The van der Waals surface area contributed by atoms with Crippen LogP contribution in [0.15, 0.2) is 0 Å². The predicted octanol–water partition coefficient (Wildman–Crippen LogP) is 1.40. The van der Waals surface area contributed by atoms with Gasteiger partial charge in [0.25, 0.3) is 0 Å². The molecule has 6 nitrogen and oxygen atoms in total. The molecule has 110 valence electrons. The van der Waals surface area contributed by atoms with E-state index in [9.17, 15) is 9.59 Å². The molecule has 1 N–H and O–H groups in total. The molecule has 1 fully saturated rings. The number of hydrogen-bond donors (Lipinski definition) is 1. The zero-order chi connectivity index (χ0) is 14.6. The van der Waals surface area contributed by atoms with E-state index in [2.05, 4.69) is 0 Å². The van der Waals surface area contributed by atoms with Gasteiger partial charge in [0.1, 0.15) is 5.60 Å². The van der Waals surface area contributed by atoms with Crippen LogP contribution >= 0.6 is 0 Å². The van der Waals surface area contributed by atoms with Gasteiger partial charge in [-0.1, -0.05) is 0 Å². The predicted molar refractivity (Wildman–Crippen MR) is 71.1 cm³/mol. The third kappa shape index (κ3) is 5.46. The fourth-order valence-electron chi connectivity index (χ4n) is 2.15. The first kappa shape index (κ1) is 15.8. The van der Waals surface area contributed by atoms with Crippen molar-refractivity contribution < 1.29 is 19.4 Å². The van der Waals surface area contributed by atoms with Crippen molar-refractivity contribution in [1.29, 1.82) is 0 Å². The molecule has 1 unspecified atom stereocenters. The van der Waals surface area contributed by atoms with Crippen LogP contribution in [0.3, 0.4) is 0 Å². The van der Waals surface area contributed by atoms with Crippen LogP contribution in [0.2, 0.25) is 0 Å². The Morgan fingerprint density at radius 3 is 2.58 bits per heavy atom.